The third kappa shape index (κ3) is 2.17. The molecule has 2 aromatic rings. The van der Waals surface area contributed by atoms with E-state index >= 15 is 0 Å². The highest BCUT2D eigenvalue weighted by atomic mass is 16.5. The van der Waals surface area contributed by atoms with Crippen molar-refractivity contribution in [2.45, 2.75) is 33.4 Å². The van der Waals surface area contributed by atoms with Crippen LogP contribution in [0.1, 0.15) is 35.5 Å². The van der Waals surface area contributed by atoms with Gasteiger partial charge in [-0.15, -0.1) is 0 Å². The molecule has 0 saturated heterocycles. The molecule has 2 heterocycles. The summed E-state index contributed by atoms with van der Waals surface area (Å²) in [6.07, 6.45) is 3.42. The molecule has 4 heteroatoms. The van der Waals surface area contributed by atoms with Crippen molar-refractivity contribution in [2.24, 2.45) is 0 Å². The number of hydrogen-bond donors (Lipinski definition) is 1. The zero-order valence-electron chi connectivity index (χ0n) is 9.78. The lowest BCUT2D eigenvalue weighted by Gasteiger charge is -2.12. The van der Waals surface area contributed by atoms with Gasteiger partial charge in [-0.2, -0.15) is 0 Å². The van der Waals surface area contributed by atoms with Gasteiger partial charge in [-0.05, 0) is 26.8 Å². The molecule has 1 atom stereocenters. The highest BCUT2D eigenvalue weighted by Gasteiger charge is 2.15. The number of furan rings is 1. The lowest BCUT2D eigenvalue weighted by atomic mass is 10.1. The first-order valence-electron chi connectivity index (χ1n) is 5.35. The van der Waals surface area contributed by atoms with E-state index in [0.717, 1.165) is 29.1 Å². The summed E-state index contributed by atoms with van der Waals surface area (Å²) in [6, 6.07) is 2.17. The molecular formula is C12H16N2O2. The molecule has 1 unspecified atom stereocenters. The standard InChI is InChI=1S/C12H16N2O2/c1-8(12-9(2)14-16-10(12)3)13-6-11-4-5-15-7-11/h4-5,7-8,13H,6H2,1-3H3. The van der Waals surface area contributed by atoms with Crippen LogP contribution in [0, 0.1) is 13.8 Å². The summed E-state index contributed by atoms with van der Waals surface area (Å²) in [5, 5.41) is 7.36. The van der Waals surface area contributed by atoms with Gasteiger partial charge in [0.1, 0.15) is 5.76 Å². The molecule has 1 N–H and O–H groups in total. The second-order valence-corrected chi connectivity index (χ2v) is 3.97. The Bertz CT molecular complexity index is 426. The van der Waals surface area contributed by atoms with E-state index in [0.29, 0.717) is 0 Å². The molecule has 0 bridgehead atoms. The van der Waals surface area contributed by atoms with E-state index in [4.69, 9.17) is 8.94 Å². The van der Waals surface area contributed by atoms with Crippen LogP contribution < -0.4 is 5.32 Å². The predicted molar refractivity (Wildman–Crippen MR) is 59.9 cm³/mol. The van der Waals surface area contributed by atoms with Gasteiger partial charge in [-0.25, -0.2) is 0 Å². The van der Waals surface area contributed by atoms with Crippen LogP contribution in [-0.2, 0) is 6.54 Å². The molecule has 0 aliphatic heterocycles. The Hall–Kier alpha value is -1.55. The summed E-state index contributed by atoms with van der Waals surface area (Å²) in [6.45, 7) is 6.78. The average molecular weight is 220 g/mol. The summed E-state index contributed by atoms with van der Waals surface area (Å²) in [5.41, 5.74) is 3.23. The fraction of sp³-hybridized carbons (Fsp3) is 0.417. The highest BCUT2D eigenvalue weighted by Crippen LogP contribution is 2.21. The van der Waals surface area contributed by atoms with Gasteiger partial charge in [0.15, 0.2) is 0 Å². The Morgan fingerprint density at radius 3 is 2.81 bits per heavy atom. The number of rotatable bonds is 4. The van der Waals surface area contributed by atoms with Gasteiger partial charge in [0.2, 0.25) is 0 Å². The van der Waals surface area contributed by atoms with Gasteiger partial charge in [0.05, 0.1) is 18.2 Å². The summed E-state index contributed by atoms with van der Waals surface area (Å²) in [5.74, 6) is 0.879. The van der Waals surface area contributed by atoms with Crippen LogP contribution in [-0.4, -0.2) is 5.16 Å². The number of hydrogen-bond acceptors (Lipinski definition) is 4. The topological polar surface area (TPSA) is 51.2 Å². The summed E-state index contributed by atoms with van der Waals surface area (Å²) in [4.78, 5) is 0. The van der Waals surface area contributed by atoms with Gasteiger partial charge in [0.25, 0.3) is 0 Å². The van der Waals surface area contributed by atoms with Crippen molar-refractivity contribution in [1.29, 1.82) is 0 Å². The number of nitrogens with one attached hydrogen (secondary N) is 1. The minimum Gasteiger partial charge on any atom is -0.472 e. The molecule has 2 aromatic heterocycles. The maximum Gasteiger partial charge on any atom is 0.138 e. The number of nitrogens with zero attached hydrogens (tertiary/aromatic N) is 1. The van der Waals surface area contributed by atoms with Crippen molar-refractivity contribution in [3.05, 3.63) is 41.2 Å². The fourth-order valence-corrected chi connectivity index (χ4v) is 1.87. The van der Waals surface area contributed by atoms with Crippen molar-refractivity contribution in [3.63, 3.8) is 0 Å². The minimum atomic E-state index is 0.223. The zero-order chi connectivity index (χ0) is 11.5. The van der Waals surface area contributed by atoms with Crippen molar-refractivity contribution in [2.75, 3.05) is 0 Å². The second kappa shape index (κ2) is 4.53. The SMILES string of the molecule is Cc1noc(C)c1C(C)NCc1ccoc1. The van der Waals surface area contributed by atoms with Gasteiger partial charge >= 0.3 is 0 Å². The molecular weight excluding hydrogens is 204 g/mol. The molecule has 4 nitrogen and oxygen atoms in total. The molecule has 0 aliphatic carbocycles. The normalized spacial score (nSPS) is 12.9. The molecule has 0 radical (unpaired) electrons. The molecule has 0 spiro atoms. The fourth-order valence-electron chi connectivity index (χ4n) is 1.87. The Labute approximate surface area is 94.6 Å². The van der Waals surface area contributed by atoms with Crippen molar-refractivity contribution < 1.29 is 8.94 Å². The monoisotopic (exact) mass is 220 g/mol. The lowest BCUT2D eigenvalue weighted by Crippen LogP contribution is -2.18. The van der Waals surface area contributed by atoms with Crippen LogP contribution in [0.25, 0.3) is 0 Å². The second-order valence-electron chi connectivity index (χ2n) is 3.97. The Balaban J connectivity index is 2.01. The molecule has 2 rings (SSSR count). The van der Waals surface area contributed by atoms with Gasteiger partial charge in [0, 0.05) is 23.7 Å². The first kappa shape index (κ1) is 11.0. The average Bonchev–Trinajstić information content (AvgIpc) is 2.86. The van der Waals surface area contributed by atoms with E-state index < -0.39 is 0 Å². The predicted octanol–water partition coefficient (Wildman–Crippen LogP) is 2.74. The molecule has 0 amide bonds. The van der Waals surface area contributed by atoms with Crippen LogP contribution in [0.4, 0.5) is 0 Å². The molecule has 0 fully saturated rings. The van der Waals surface area contributed by atoms with Crippen molar-refractivity contribution >= 4 is 0 Å². The number of aromatic nitrogens is 1. The van der Waals surface area contributed by atoms with E-state index in [-0.39, 0.29) is 6.04 Å². The number of aryl methyl sites for hydroxylation is 2. The zero-order valence-corrected chi connectivity index (χ0v) is 9.78. The molecule has 16 heavy (non-hydrogen) atoms. The lowest BCUT2D eigenvalue weighted by molar-refractivity contribution is 0.390. The van der Waals surface area contributed by atoms with Crippen LogP contribution in [0.2, 0.25) is 0 Å². The largest absolute Gasteiger partial charge is 0.472 e. The van der Waals surface area contributed by atoms with Gasteiger partial charge in [-0.3, -0.25) is 0 Å². The van der Waals surface area contributed by atoms with E-state index in [2.05, 4.69) is 17.4 Å². The smallest absolute Gasteiger partial charge is 0.138 e. The maximum atomic E-state index is 5.14. The minimum absolute atomic E-state index is 0.223. The third-order valence-electron chi connectivity index (χ3n) is 2.71. The van der Waals surface area contributed by atoms with Crippen LogP contribution in [0.5, 0.6) is 0 Å². The maximum absolute atomic E-state index is 5.14. The Morgan fingerprint density at radius 1 is 1.44 bits per heavy atom. The molecule has 0 saturated carbocycles. The first-order valence-corrected chi connectivity index (χ1v) is 5.35. The summed E-state index contributed by atoms with van der Waals surface area (Å²) < 4.78 is 10.2. The van der Waals surface area contributed by atoms with Crippen LogP contribution in [0.15, 0.2) is 27.5 Å². The van der Waals surface area contributed by atoms with Crippen LogP contribution in [0.3, 0.4) is 0 Å². The van der Waals surface area contributed by atoms with E-state index in [1.165, 1.54) is 0 Å². The first-order chi connectivity index (χ1) is 7.68. The quantitative estimate of drug-likeness (QED) is 0.860. The van der Waals surface area contributed by atoms with Gasteiger partial charge in [-0.1, -0.05) is 5.16 Å². The molecule has 0 aromatic carbocycles. The highest BCUT2D eigenvalue weighted by molar-refractivity contribution is 5.24. The summed E-state index contributed by atoms with van der Waals surface area (Å²) >= 11 is 0. The van der Waals surface area contributed by atoms with Gasteiger partial charge < -0.3 is 14.3 Å². The Kier molecular flexibility index (Phi) is 3.10. The third-order valence-corrected chi connectivity index (χ3v) is 2.71. The molecule has 86 valence electrons. The molecule has 0 aliphatic rings. The van der Waals surface area contributed by atoms with Crippen molar-refractivity contribution in [3.8, 4) is 0 Å². The Morgan fingerprint density at radius 2 is 2.25 bits per heavy atom. The van der Waals surface area contributed by atoms with E-state index in [1.807, 2.05) is 19.9 Å². The van der Waals surface area contributed by atoms with Crippen molar-refractivity contribution in [1.82, 2.24) is 10.5 Å². The van der Waals surface area contributed by atoms with Crippen LogP contribution >= 0.6 is 0 Å². The van der Waals surface area contributed by atoms with E-state index in [9.17, 15) is 0 Å². The summed E-state index contributed by atoms with van der Waals surface area (Å²) in [7, 11) is 0. The van der Waals surface area contributed by atoms with E-state index in [1.54, 1.807) is 12.5 Å².